The number of hydrogen-bond donors (Lipinski definition) is 0. The molecule has 2 rings (SSSR count). The van der Waals surface area contributed by atoms with Crippen molar-refractivity contribution < 1.29 is 47.6 Å². The highest BCUT2D eigenvalue weighted by atomic mass is 127. The SMILES string of the molecule is COC(=O)C1OC(Oc2ccc(I)cc2)C(OC(C)=O)C(OC(C)=O)C1OC(C)=O. The van der Waals surface area contributed by atoms with Crippen LogP contribution in [-0.4, -0.2) is 61.7 Å². The molecule has 5 atom stereocenters. The van der Waals surface area contributed by atoms with Gasteiger partial charge in [-0.2, -0.15) is 0 Å². The lowest BCUT2D eigenvalue weighted by atomic mass is 9.97. The number of ether oxygens (including phenoxy) is 6. The quantitative estimate of drug-likeness (QED) is 0.299. The van der Waals surface area contributed by atoms with Crippen molar-refractivity contribution in [1.82, 2.24) is 0 Å². The summed E-state index contributed by atoms with van der Waals surface area (Å²) in [6, 6.07) is 6.81. The molecule has 5 unspecified atom stereocenters. The van der Waals surface area contributed by atoms with Crippen LogP contribution in [-0.2, 0) is 42.9 Å². The second kappa shape index (κ2) is 10.6. The van der Waals surface area contributed by atoms with E-state index in [4.69, 9.17) is 28.4 Å². The standard InChI is InChI=1S/C19H21IO10/c1-9(21)26-14-15(27-10(2)22)17(28-11(3)23)19(30-16(14)18(24)25-4)29-13-7-5-12(20)6-8-13/h5-8,14-17,19H,1-4H3. The van der Waals surface area contributed by atoms with Gasteiger partial charge in [-0.3, -0.25) is 14.4 Å². The van der Waals surface area contributed by atoms with Crippen LogP contribution in [0.25, 0.3) is 0 Å². The summed E-state index contributed by atoms with van der Waals surface area (Å²) in [6.45, 7) is 3.36. The second-order valence-electron chi connectivity index (χ2n) is 6.24. The lowest BCUT2D eigenvalue weighted by molar-refractivity contribution is -0.282. The number of hydrogen-bond acceptors (Lipinski definition) is 10. The van der Waals surface area contributed by atoms with Gasteiger partial charge in [0.25, 0.3) is 0 Å². The number of carbonyl (C=O) groups is 4. The van der Waals surface area contributed by atoms with Gasteiger partial charge in [-0.1, -0.05) is 0 Å². The smallest absolute Gasteiger partial charge is 0.339 e. The molecule has 1 aromatic rings. The van der Waals surface area contributed by atoms with Crippen molar-refractivity contribution in [2.45, 2.75) is 51.5 Å². The van der Waals surface area contributed by atoms with E-state index in [2.05, 4.69) is 22.6 Å². The van der Waals surface area contributed by atoms with Gasteiger partial charge in [0.2, 0.25) is 12.4 Å². The summed E-state index contributed by atoms with van der Waals surface area (Å²) in [7, 11) is 1.12. The van der Waals surface area contributed by atoms with Gasteiger partial charge in [-0.25, -0.2) is 4.79 Å². The van der Waals surface area contributed by atoms with Crippen LogP contribution in [0, 0.1) is 3.57 Å². The topological polar surface area (TPSA) is 124 Å². The van der Waals surface area contributed by atoms with Crippen molar-refractivity contribution in [3.05, 3.63) is 27.8 Å². The summed E-state index contributed by atoms with van der Waals surface area (Å²) < 4.78 is 32.8. The van der Waals surface area contributed by atoms with Gasteiger partial charge in [0, 0.05) is 24.3 Å². The van der Waals surface area contributed by atoms with E-state index in [0.717, 1.165) is 31.5 Å². The van der Waals surface area contributed by atoms with Crippen LogP contribution < -0.4 is 4.74 Å². The Morgan fingerprint density at radius 2 is 1.33 bits per heavy atom. The highest BCUT2D eigenvalue weighted by Gasteiger charge is 2.55. The summed E-state index contributed by atoms with van der Waals surface area (Å²) >= 11 is 2.11. The Morgan fingerprint density at radius 1 is 0.833 bits per heavy atom. The molecule has 0 aromatic heterocycles. The molecule has 10 nitrogen and oxygen atoms in total. The molecule has 0 saturated carbocycles. The van der Waals surface area contributed by atoms with Crippen molar-refractivity contribution in [2.24, 2.45) is 0 Å². The first-order valence-electron chi connectivity index (χ1n) is 8.79. The Bertz CT molecular complexity index is 793. The molecule has 164 valence electrons. The van der Waals surface area contributed by atoms with Crippen molar-refractivity contribution in [3.63, 3.8) is 0 Å². The first kappa shape index (κ1) is 23.9. The normalized spacial score (nSPS) is 25.6. The maximum atomic E-state index is 12.3. The van der Waals surface area contributed by atoms with Crippen LogP contribution >= 0.6 is 22.6 Å². The maximum absolute atomic E-state index is 12.3. The Kier molecular flexibility index (Phi) is 8.41. The van der Waals surface area contributed by atoms with Crippen LogP contribution in [0.1, 0.15) is 20.8 Å². The van der Waals surface area contributed by atoms with E-state index in [-0.39, 0.29) is 0 Å². The highest BCUT2D eigenvalue weighted by molar-refractivity contribution is 14.1. The zero-order valence-corrected chi connectivity index (χ0v) is 18.8. The van der Waals surface area contributed by atoms with Crippen LogP contribution in [0.2, 0.25) is 0 Å². The number of rotatable bonds is 6. The molecule has 30 heavy (non-hydrogen) atoms. The lowest BCUT2D eigenvalue weighted by Crippen LogP contribution is -2.64. The average molecular weight is 536 g/mol. The average Bonchev–Trinajstić information content (AvgIpc) is 2.66. The fourth-order valence-electron chi connectivity index (χ4n) is 2.82. The number of benzene rings is 1. The van der Waals surface area contributed by atoms with Crippen LogP contribution in [0.4, 0.5) is 0 Å². The second-order valence-corrected chi connectivity index (χ2v) is 7.49. The molecule has 0 radical (unpaired) electrons. The fourth-order valence-corrected chi connectivity index (χ4v) is 3.18. The molecule has 11 heteroatoms. The van der Waals surface area contributed by atoms with Crippen LogP contribution in [0.3, 0.4) is 0 Å². The zero-order valence-electron chi connectivity index (χ0n) is 16.7. The van der Waals surface area contributed by atoms with E-state index in [1.165, 1.54) is 0 Å². The fraction of sp³-hybridized carbons (Fsp3) is 0.474. The third kappa shape index (κ3) is 6.29. The van der Waals surface area contributed by atoms with Crippen molar-refractivity contribution in [3.8, 4) is 5.75 Å². The molecule has 1 heterocycles. The van der Waals surface area contributed by atoms with Gasteiger partial charge in [0.1, 0.15) is 5.75 Å². The molecule has 1 aromatic carbocycles. The molecule has 0 N–H and O–H groups in total. The molecular formula is C19H21IO10. The zero-order chi connectivity index (χ0) is 22.4. The van der Waals surface area contributed by atoms with E-state index in [9.17, 15) is 19.2 Å². The number of esters is 4. The van der Waals surface area contributed by atoms with E-state index in [0.29, 0.717) is 5.75 Å². The molecule has 0 bridgehead atoms. The van der Waals surface area contributed by atoms with E-state index in [1.807, 2.05) is 0 Å². The summed E-state index contributed by atoms with van der Waals surface area (Å²) in [5.41, 5.74) is 0. The molecule has 0 spiro atoms. The van der Waals surface area contributed by atoms with Crippen molar-refractivity contribution >= 4 is 46.5 Å². The van der Waals surface area contributed by atoms with E-state index < -0.39 is 54.6 Å². The first-order chi connectivity index (χ1) is 14.1. The Balaban J connectivity index is 2.47. The largest absolute Gasteiger partial charge is 0.467 e. The van der Waals surface area contributed by atoms with Crippen molar-refractivity contribution in [2.75, 3.05) is 7.11 Å². The first-order valence-corrected chi connectivity index (χ1v) is 9.87. The van der Waals surface area contributed by atoms with Crippen LogP contribution in [0.15, 0.2) is 24.3 Å². The predicted molar refractivity (Wildman–Crippen MR) is 107 cm³/mol. The van der Waals surface area contributed by atoms with Gasteiger partial charge in [-0.05, 0) is 46.9 Å². The molecule has 1 aliphatic rings. The van der Waals surface area contributed by atoms with Gasteiger partial charge in [-0.15, -0.1) is 0 Å². The molecule has 0 amide bonds. The summed E-state index contributed by atoms with van der Waals surface area (Å²) in [5.74, 6) is -2.80. The Hall–Kier alpha value is -2.41. The Morgan fingerprint density at radius 3 is 1.83 bits per heavy atom. The van der Waals surface area contributed by atoms with Gasteiger partial charge < -0.3 is 28.4 Å². The maximum Gasteiger partial charge on any atom is 0.339 e. The molecule has 1 fully saturated rings. The van der Waals surface area contributed by atoms with Crippen LogP contribution in [0.5, 0.6) is 5.75 Å². The predicted octanol–water partition coefficient (Wildman–Crippen LogP) is 1.36. The summed E-state index contributed by atoms with van der Waals surface area (Å²) in [4.78, 5) is 47.4. The highest BCUT2D eigenvalue weighted by Crippen LogP contribution is 2.31. The molecule has 0 aliphatic carbocycles. The van der Waals surface area contributed by atoms with Gasteiger partial charge >= 0.3 is 23.9 Å². The molecule has 1 aliphatic heterocycles. The monoisotopic (exact) mass is 536 g/mol. The summed E-state index contributed by atoms with van der Waals surface area (Å²) in [6.07, 6.45) is -7.02. The third-order valence-corrected chi connectivity index (χ3v) is 4.62. The third-order valence-electron chi connectivity index (χ3n) is 3.90. The van der Waals surface area contributed by atoms with E-state index >= 15 is 0 Å². The number of carbonyl (C=O) groups excluding carboxylic acids is 4. The minimum atomic E-state index is -1.50. The van der Waals surface area contributed by atoms with Gasteiger partial charge in [0.15, 0.2) is 18.3 Å². The van der Waals surface area contributed by atoms with Gasteiger partial charge in [0.05, 0.1) is 7.11 Å². The van der Waals surface area contributed by atoms with Crippen molar-refractivity contribution in [1.29, 1.82) is 0 Å². The number of halogens is 1. The number of methoxy groups -OCH3 is 1. The minimum Gasteiger partial charge on any atom is -0.467 e. The Labute approximate surface area is 186 Å². The lowest BCUT2D eigenvalue weighted by Gasteiger charge is -2.43. The van der Waals surface area contributed by atoms with E-state index in [1.54, 1.807) is 24.3 Å². The minimum absolute atomic E-state index is 0.341. The molecular weight excluding hydrogens is 515 g/mol. The molecule has 1 saturated heterocycles. The summed E-state index contributed by atoms with van der Waals surface area (Å²) in [5, 5.41) is 0.